The van der Waals surface area contributed by atoms with Crippen LogP contribution < -0.4 is 10.6 Å². The van der Waals surface area contributed by atoms with Gasteiger partial charge in [0.15, 0.2) is 5.13 Å². The van der Waals surface area contributed by atoms with Crippen molar-refractivity contribution in [1.29, 1.82) is 0 Å². The van der Waals surface area contributed by atoms with Crippen molar-refractivity contribution in [1.82, 2.24) is 4.98 Å². The molecule has 0 spiro atoms. The van der Waals surface area contributed by atoms with E-state index >= 15 is 0 Å². The quantitative estimate of drug-likeness (QED) is 0.836. The summed E-state index contributed by atoms with van der Waals surface area (Å²) in [6, 6.07) is 0.514. The molecule has 80 valence electrons. The monoisotopic (exact) mass is 213 g/mol. The molecule has 1 rings (SSSR count). The molecule has 1 atom stereocenters. The van der Waals surface area contributed by atoms with E-state index in [2.05, 4.69) is 37.7 Å². The Morgan fingerprint density at radius 3 is 2.57 bits per heavy atom. The summed E-state index contributed by atoms with van der Waals surface area (Å²) < 4.78 is 0. The van der Waals surface area contributed by atoms with Gasteiger partial charge in [-0.05, 0) is 19.3 Å². The van der Waals surface area contributed by atoms with Gasteiger partial charge in [0.25, 0.3) is 0 Å². The van der Waals surface area contributed by atoms with Crippen molar-refractivity contribution >= 4 is 21.5 Å². The van der Waals surface area contributed by atoms with Gasteiger partial charge in [0.2, 0.25) is 0 Å². The van der Waals surface area contributed by atoms with Crippen LogP contribution in [0.25, 0.3) is 0 Å². The van der Waals surface area contributed by atoms with Crippen molar-refractivity contribution in [3.63, 3.8) is 0 Å². The maximum atomic E-state index is 5.65. The second-order valence-electron chi connectivity index (χ2n) is 4.13. The number of nitrogens with zero attached hydrogens (tertiary/aromatic N) is 2. The molecule has 0 radical (unpaired) electrons. The Balaban J connectivity index is 2.60. The summed E-state index contributed by atoms with van der Waals surface area (Å²) in [4.78, 5) is 6.46. The standard InChI is InChI=1S/C10H19N3S/c1-7(2)5-8(3)13(4)10-12-6-9(11)14-10/h6-8H,5,11H2,1-4H3. The lowest BCUT2D eigenvalue weighted by molar-refractivity contribution is 0.504. The van der Waals surface area contributed by atoms with Crippen LogP contribution in [0, 0.1) is 5.92 Å². The van der Waals surface area contributed by atoms with E-state index in [4.69, 9.17) is 5.73 Å². The van der Waals surface area contributed by atoms with E-state index in [9.17, 15) is 0 Å². The molecule has 0 saturated carbocycles. The molecule has 1 aromatic rings. The van der Waals surface area contributed by atoms with Crippen molar-refractivity contribution in [2.45, 2.75) is 33.2 Å². The highest BCUT2D eigenvalue weighted by Crippen LogP contribution is 2.25. The van der Waals surface area contributed by atoms with Gasteiger partial charge in [-0.1, -0.05) is 25.2 Å². The first kappa shape index (κ1) is 11.3. The van der Waals surface area contributed by atoms with E-state index in [1.807, 2.05) is 0 Å². The fourth-order valence-electron chi connectivity index (χ4n) is 1.47. The maximum absolute atomic E-state index is 5.65. The number of nitrogen functional groups attached to an aromatic ring is 1. The highest BCUT2D eigenvalue weighted by atomic mass is 32.1. The molecule has 1 unspecified atom stereocenters. The number of hydrogen-bond acceptors (Lipinski definition) is 4. The number of hydrogen-bond donors (Lipinski definition) is 1. The van der Waals surface area contributed by atoms with Gasteiger partial charge in [-0.2, -0.15) is 0 Å². The predicted octanol–water partition coefficient (Wildman–Crippen LogP) is 2.60. The summed E-state index contributed by atoms with van der Waals surface area (Å²) in [5, 5.41) is 1.79. The summed E-state index contributed by atoms with van der Waals surface area (Å²) in [6.45, 7) is 6.69. The molecule has 0 aliphatic rings. The smallest absolute Gasteiger partial charge is 0.187 e. The molecule has 2 N–H and O–H groups in total. The lowest BCUT2D eigenvalue weighted by atomic mass is 10.0. The van der Waals surface area contributed by atoms with Gasteiger partial charge < -0.3 is 10.6 Å². The fourth-order valence-corrected chi connectivity index (χ4v) is 2.21. The maximum Gasteiger partial charge on any atom is 0.187 e. The molecule has 0 saturated heterocycles. The first-order valence-electron chi connectivity index (χ1n) is 4.94. The van der Waals surface area contributed by atoms with Crippen molar-refractivity contribution in [3.8, 4) is 0 Å². The molecule has 0 aliphatic heterocycles. The summed E-state index contributed by atoms with van der Waals surface area (Å²) in [5.41, 5.74) is 5.65. The van der Waals surface area contributed by atoms with E-state index < -0.39 is 0 Å². The van der Waals surface area contributed by atoms with Crippen LogP contribution in [-0.4, -0.2) is 18.1 Å². The fraction of sp³-hybridized carbons (Fsp3) is 0.700. The minimum atomic E-state index is 0.514. The van der Waals surface area contributed by atoms with E-state index in [0.29, 0.717) is 12.0 Å². The molecular weight excluding hydrogens is 194 g/mol. The molecule has 0 amide bonds. The Bertz CT molecular complexity index is 283. The molecule has 3 nitrogen and oxygen atoms in total. The molecule has 14 heavy (non-hydrogen) atoms. The van der Waals surface area contributed by atoms with Crippen LogP contribution in [0.15, 0.2) is 6.20 Å². The van der Waals surface area contributed by atoms with Gasteiger partial charge in [-0.25, -0.2) is 4.98 Å². The molecule has 0 fully saturated rings. The number of thiazole rings is 1. The average Bonchev–Trinajstić information content (AvgIpc) is 2.49. The number of aromatic nitrogens is 1. The van der Waals surface area contributed by atoms with Crippen molar-refractivity contribution < 1.29 is 0 Å². The number of rotatable bonds is 4. The Morgan fingerprint density at radius 1 is 1.50 bits per heavy atom. The lowest BCUT2D eigenvalue weighted by Gasteiger charge is -2.25. The molecule has 0 bridgehead atoms. The van der Waals surface area contributed by atoms with Crippen LogP contribution in [0.4, 0.5) is 10.1 Å². The Morgan fingerprint density at radius 2 is 2.14 bits per heavy atom. The summed E-state index contributed by atoms with van der Waals surface area (Å²) >= 11 is 1.54. The van der Waals surface area contributed by atoms with Gasteiger partial charge in [-0.15, -0.1) is 0 Å². The zero-order valence-electron chi connectivity index (χ0n) is 9.32. The number of anilines is 2. The lowest BCUT2D eigenvalue weighted by Crippen LogP contribution is -2.29. The Labute approximate surface area is 89.9 Å². The zero-order valence-corrected chi connectivity index (χ0v) is 10.1. The third-order valence-corrected chi connectivity index (χ3v) is 3.20. The third kappa shape index (κ3) is 2.87. The first-order valence-corrected chi connectivity index (χ1v) is 5.76. The van der Waals surface area contributed by atoms with E-state index in [1.54, 1.807) is 17.5 Å². The van der Waals surface area contributed by atoms with Crippen LogP contribution in [0.5, 0.6) is 0 Å². The molecule has 1 heterocycles. The van der Waals surface area contributed by atoms with Gasteiger partial charge in [0.1, 0.15) is 5.00 Å². The highest BCUT2D eigenvalue weighted by molar-refractivity contribution is 7.19. The summed E-state index contributed by atoms with van der Waals surface area (Å²) in [5.74, 6) is 0.713. The highest BCUT2D eigenvalue weighted by Gasteiger charge is 2.14. The van der Waals surface area contributed by atoms with Crippen molar-refractivity contribution in [2.24, 2.45) is 5.92 Å². The molecular formula is C10H19N3S. The van der Waals surface area contributed by atoms with Crippen LogP contribution in [0.3, 0.4) is 0 Å². The SMILES string of the molecule is CC(C)CC(C)N(C)c1ncc(N)s1. The molecule has 4 heteroatoms. The largest absolute Gasteiger partial charge is 0.389 e. The topological polar surface area (TPSA) is 42.2 Å². The Hall–Kier alpha value is -0.770. The Kier molecular flexibility index (Phi) is 3.75. The van der Waals surface area contributed by atoms with Crippen LogP contribution in [0.2, 0.25) is 0 Å². The van der Waals surface area contributed by atoms with E-state index in [-0.39, 0.29) is 0 Å². The number of nitrogens with two attached hydrogens (primary N) is 1. The minimum absolute atomic E-state index is 0.514. The van der Waals surface area contributed by atoms with Crippen LogP contribution in [-0.2, 0) is 0 Å². The van der Waals surface area contributed by atoms with Crippen molar-refractivity contribution in [2.75, 3.05) is 17.7 Å². The van der Waals surface area contributed by atoms with Gasteiger partial charge in [0.05, 0.1) is 6.20 Å². The third-order valence-electron chi connectivity index (χ3n) is 2.29. The second kappa shape index (κ2) is 4.64. The predicted molar refractivity (Wildman–Crippen MR) is 63.8 cm³/mol. The summed E-state index contributed by atoms with van der Waals surface area (Å²) in [7, 11) is 2.07. The molecule has 0 aromatic carbocycles. The first-order chi connectivity index (χ1) is 6.50. The zero-order chi connectivity index (χ0) is 10.7. The average molecular weight is 213 g/mol. The van der Waals surface area contributed by atoms with Crippen molar-refractivity contribution in [3.05, 3.63) is 6.20 Å². The normalized spacial score (nSPS) is 13.2. The van der Waals surface area contributed by atoms with Gasteiger partial charge >= 0.3 is 0 Å². The van der Waals surface area contributed by atoms with Gasteiger partial charge in [0, 0.05) is 13.1 Å². The summed E-state index contributed by atoms with van der Waals surface area (Å²) in [6.07, 6.45) is 2.90. The van der Waals surface area contributed by atoms with E-state index in [1.165, 1.54) is 6.42 Å². The minimum Gasteiger partial charge on any atom is -0.389 e. The molecule has 0 aliphatic carbocycles. The second-order valence-corrected chi connectivity index (χ2v) is 5.18. The molecule has 1 aromatic heterocycles. The van der Waals surface area contributed by atoms with Gasteiger partial charge in [-0.3, -0.25) is 0 Å². The van der Waals surface area contributed by atoms with Crippen LogP contribution >= 0.6 is 11.3 Å². The van der Waals surface area contributed by atoms with Crippen LogP contribution in [0.1, 0.15) is 27.2 Å². The van der Waals surface area contributed by atoms with E-state index in [0.717, 1.165) is 10.1 Å².